The van der Waals surface area contributed by atoms with Gasteiger partial charge in [0.05, 0.1) is 35.8 Å². The van der Waals surface area contributed by atoms with Gasteiger partial charge in [-0.2, -0.15) is 10.2 Å². The van der Waals surface area contributed by atoms with E-state index >= 15 is 0 Å². The van der Waals surface area contributed by atoms with Gasteiger partial charge >= 0.3 is 0 Å². The third kappa shape index (κ3) is 3.28. The molecule has 1 N–H and O–H groups in total. The summed E-state index contributed by atoms with van der Waals surface area (Å²) in [7, 11) is 3.53. The van der Waals surface area contributed by atoms with Crippen molar-refractivity contribution in [3.05, 3.63) is 33.9 Å². The number of aryl methyl sites for hydroxylation is 2. The maximum atomic E-state index is 10.6. The van der Waals surface area contributed by atoms with Gasteiger partial charge in [0, 0.05) is 26.3 Å². The average Bonchev–Trinajstić information content (AvgIpc) is 2.91. The van der Waals surface area contributed by atoms with E-state index in [-0.39, 0.29) is 0 Å². The molecule has 0 aliphatic rings. The summed E-state index contributed by atoms with van der Waals surface area (Å²) in [4.78, 5) is 0. The van der Waals surface area contributed by atoms with E-state index in [0.29, 0.717) is 30.3 Å². The van der Waals surface area contributed by atoms with E-state index in [1.54, 1.807) is 18.0 Å². The molecular weight excluding hydrogens is 292 g/mol. The zero-order valence-corrected chi connectivity index (χ0v) is 13.6. The van der Waals surface area contributed by atoms with Gasteiger partial charge in [0.25, 0.3) is 0 Å². The van der Waals surface area contributed by atoms with Crippen molar-refractivity contribution in [2.75, 3.05) is 13.7 Å². The molecule has 6 nitrogen and oxygen atoms in total. The predicted molar refractivity (Wildman–Crippen MR) is 80.5 cm³/mol. The molecule has 2 aromatic heterocycles. The van der Waals surface area contributed by atoms with Crippen molar-refractivity contribution < 1.29 is 9.84 Å². The van der Waals surface area contributed by atoms with Crippen LogP contribution in [0.2, 0.25) is 5.02 Å². The van der Waals surface area contributed by atoms with E-state index in [9.17, 15) is 5.11 Å². The van der Waals surface area contributed by atoms with Crippen LogP contribution in [-0.2, 0) is 24.8 Å². The summed E-state index contributed by atoms with van der Waals surface area (Å²) in [6, 6.07) is 0. The lowest BCUT2D eigenvalue weighted by atomic mass is 10.0. The second-order valence-electron chi connectivity index (χ2n) is 5.09. The maximum absolute atomic E-state index is 10.6. The highest BCUT2D eigenvalue weighted by molar-refractivity contribution is 6.31. The Labute approximate surface area is 129 Å². The van der Waals surface area contributed by atoms with Gasteiger partial charge in [0.2, 0.25) is 0 Å². The van der Waals surface area contributed by atoms with Crippen LogP contribution in [-0.4, -0.2) is 38.4 Å². The fourth-order valence-electron chi connectivity index (χ4n) is 2.46. The van der Waals surface area contributed by atoms with Crippen molar-refractivity contribution in [3.8, 4) is 0 Å². The first-order valence-electron chi connectivity index (χ1n) is 6.83. The normalized spacial score (nSPS) is 12.9. The number of rotatable bonds is 6. The van der Waals surface area contributed by atoms with E-state index in [4.69, 9.17) is 16.3 Å². The lowest BCUT2D eigenvalue weighted by molar-refractivity contribution is 0.153. The lowest BCUT2D eigenvalue weighted by Gasteiger charge is -2.14. The second-order valence-corrected chi connectivity index (χ2v) is 5.49. The molecule has 2 heterocycles. The van der Waals surface area contributed by atoms with Crippen LogP contribution < -0.4 is 0 Å². The summed E-state index contributed by atoms with van der Waals surface area (Å²) in [6.07, 6.45) is 1.29. The van der Waals surface area contributed by atoms with Gasteiger partial charge in [0.15, 0.2) is 0 Å². The molecule has 0 fully saturated rings. The molecule has 2 aromatic rings. The minimum absolute atomic E-state index is 0.462. The summed E-state index contributed by atoms with van der Waals surface area (Å²) in [5.74, 6) is 0. The minimum atomic E-state index is -0.724. The number of halogens is 1. The quantitative estimate of drug-likeness (QED) is 0.883. The van der Waals surface area contributed by atoms with Crippen LogP contribution in [0.15, 0.2) is 6.20 Å². The van der Waals surface area contributed by atoms with E-state index in [1.807, 2.05) is 25.6 Å². The first kappa shape index (κ1) is 16.0. The van der Waals surface area contributed by atoms with Crippen LogP contribution in [0.4, 0.5) is 0 Å². The van der Waals surface area contributed by atoms with Crippen LogP contribution >= 0.6 is 11.6 Å². The molecule has 0 saturated carbocycles. The van der Waals surface area contributed by atoms with Gasteiger partial charge in [-0.05, 0) is 19.4 Å². The molecule has 0 saturated heterocycles. The number of aliphatic hydroxyl groups excluding tert-OH is 1. The number of nitrogens with zero attached hydrogens (tertiary/aromatic N) is 4. The third-order valence-corrected chi connectivity index (χ3v) is 4.00. The van der Waals surface area contributed by atoms with Gasteiger partial charge < -0.3 is 9.84 Å². The molecule has 0 radical (unpaired) electrons. The SMILES string of the molecule is COCCn1ncc(Cl)c1C(O)Cc1c(C)nn(C)c1C. The zero-order chi connectivity index (χ0) is 15.6. The van der Waals surface area contributed by atoms with Crippen molar-refractivity contribution >= 4 is 11.6 Å². The molecular formula is C14H21ClN4O2. The van der Waals surface area contributed by atoms with Gasteiger partial charge in [-0.3, -0.25) is 9.36 Å². The highest BCUT2D eigenvalue weighted by atomic mass is 35.5. The van der Waals surface area contributed by atoms with Crippen LogP contribution in [0.25, 0.3) is 0 Å². The number of aliphatic hydroxyl groups is 1. The Morgan fingerprint density at radius 3 is 2.71 bits per heavy atom. The molecule has 0 aromatic carbocycles. The molecule has 1 unspecified atom stereocenters. The van der Waals surface area contributed by atoms with Gasteiger partial charge in [-0.1, -0.05) is 11.6 Å². The van der Waals surface area contributed by atoms with Crippen LogP contribution in [0.3, 0.4) is 0 Å². The first-order chi connectivity index (χ1) is 9.95. The Bertz CT molecular complexity index is 621. The third-order valence-electron chi connectivity index (χ3n) is 3.71. The topological polar surface area (TPSA) is 65.1 Å². The summed E-state index contributed by atoms with van der Waals surface area (Å²) in [6.45, 7) is 5.01. The largest absolute Gasteiger partial charge is 0.386 e. The Morgan fingerprint density at radius 2 is 2.14 bits per heavy atom. The van der Waals surface area contributed by atoms with Crippen molar-refractivity contribution in [3.63, 3.8) is 0 Å². The molecule has 0 bridgehead atoms. The number of hydrogen-bond acceptors (Lipinski definition) is 4. The first-order valence-corrected chi connectivity index (χ1v) is 7.20. The second kappa shape index (κ2) is 6.60. The lowest BCUT2D eigenvalue weighted by Crippen LogP contribution is -2.14. The van der Waals surface area contributed by atoms with E-state index in [1.165, 1.54) is 0 Å². The van der Waals surface area contributed by atoms with Gasteiger partial charge in [-0.25, -0.2) is 0 Å². The van der Waals surface area contributed by atoms with E-state index in [0.717, 1.165) is 17.0 Å². The maximum Gasteiger partial charge on any atom is 0.101 e. The highest BCUT2D eigenvalue weighted by Crippen LogP contribution is 2.27. The molecule has 0 amide bonds. The molecule has 1 atom stereocenters. The standard InChI is InChI=1S/C14H21ClN4O2/c1-9-11(10(2)18(3)17-9)7-13(20)14-12(15)8-16-19(14)5-6-21-4/h8,13,20H,5-7H2,1-4H3. The average molecular weight is 313 g/mol. The van der Waals surface area contributed by atoms with Crippen molar-refractivity contribution in [1.82, 2.24) is 19.6 Å². The Balaban J connectivity index is 2.24. The summed E-state index contributed by atoms with van der Waals surface area (Å²) >= 11 is 6.16. The molecule has 7 heteroatoms. The molecule has 116 valence electrons. The summed E-state index contributed by atoms with van der Waals surface area (Å²) < 4.78 is 8.56. The Kier molecular flexibility index (Phi) is 5.03. The molecule has 0 aliphatic heterocycles. The van der Waals surface area contributed by atoms with Crippen LogP contribution in [0, 0.1) is 13.8 Å². The number of methoxy groups -OCH3 is 1. The van der Waals surface area contributed by atoms with Gasteiger partial charge in [-0.15, -0.1) is 0 Å². The Morgan fingerprint density at radius 1 is 1.43 bits per heavy atom. The number of aromatic nitrogens is 4. The van der Waals surface area contributed by atoms with Gasteiger partial charge in [0.1, 0.15) is 6.10 Å². The summed E-state index contributed by atoms with van der Waals surface area (Å²) in [5, 5.41) is 19.6. The zero-order valence-electron chi connectivity index (χ0n) is 12.8. The highest BCUT2D eigenvalue weighted by Gasteiger charge is 2.21. The van der Waals surface area contributed by atoms with Crippen LogP contribution in [0.1, 0.15) is 28.7 Å². The molecule has 2 rings (SSSR count). The molecule has 0 aliphatic carbocycles. The monoisotopic (exact) mass is 312 g/mol. The molecule has 21 heavy (non-hydrogen) atoms. The van der Waals surface area contributed by atoms with E-state index < -0.39 is 6.10 Å². The minimum Gasteiger partial charge on any atom is -0.386 e. The fraction of sp³-hybridized carbons (Fsp3) is 0.571. The molecule has 0 spiro atoms. The smallest absolute Gasteiger partial charge is 0.101 e. The predicted octanol–water partition coefficient (Wildman–Crippen LogP) is 1.81. The summed E-state index contributed by atoms with van der Waals surface area (Å²) in [5.41, 5.74) is 3.63. The number of ether oxygens (including phenoxy) is 1. The van der Waals surface area contributed by atoms with Crippen molar-refractivity contribution in [1.29, 1.82) is 0 Å². The fourth-order valence-corrected chi connectivity index (χ4v) is 2.73. The number of hydrogen-bond donors (Lipinski definition) is 1. The Hall–Kier alpha value is -1.37. The van der Waals surface area contributed by atoms with E-state index in [2.05, 4.69) is 10.2 Å². The van der Waals surface area contributed by atoms with Crippen molar-refractivity contribution in [2.24, 2.45) is 7.05 Å². The van der Waals surface area contributed by atoms with Crippen LogP contribution in [0.5, 0.6) is 0 Å². The van der Waals surface area contributed by atoms with Crippen molar-refractivity contribution in [2.45, 2.75) is 32.9 Å².